The molecule has 0 radical (unpaired) electrons. The van der Waals surface area contributed by atoms with Gasteiger partial charge in [0.25, 0.3) is 0 Å². The first-order valence-corrected chi connectivity index (χ1v) is 27.9. The van der Waals surface area contributed by atoms with E-state index < -0.39 is 0 Å². The Labute approximate surface area is 473 Å². The molecule has 6 aromatic heterocycles. The van der Waals surface area contributed by atoms with Crippen molar-refractivity contribution < 1.29 is 13.3 Å². The summed E-state index contributed by atoms with van der Waals surface area (Å²) in [6.45, 7) is 0. The second-order valence-corrected chi connectivity index (χ2v) is 21.4. The number of benzene rings is 12. The average Bonchev–Trinajstić information content (AvgIpc) is 4.49. The van der Waals surface area contributed by atoms with Gasteiger partial charge in [-0.25, -0.2) is 15.0 Å². The number of furan rings is 3. The van der Waals surface area contributed by atoms with E-state index >= 15 is 0 Å². The third kappa shape index (κ3) is 6.90. The average molecular weight is 1060 g/mol. The topological polar surface area (TPSA) is 88.0 Å². The molecule has 0 aliphatic carbocycles. The van der Waals surface area contributed by atoms with Crippen LogP contribution in [0.1, 0.15) is 0 Å². The van der Waals surface area contributed by atoms with Gasteiger partial charge in [0.1, 0.15) is 33.5 Å². The van der Waals surface area contributed by atoms with Crippen molar-refractivity contribution in [3.05, 3.63) is 261 Å². The summed E-state index contributed by atoms with van der Waals surface area (Å²) >= 11 is 0. The van der Waals surface area contributed by atoms with Gasteiger partial charge in [0.2, 0.25) is 0 Å². The standard InChI is InChI=1S/C75H43N5O3/c1-3-16-48(17-4-1)79-60-26-10-7-20-50(60)56-40-44(32-36-62(56)79)46-34-38-65-58(42-46)71-54(24-14-30-68(71)82-65)74-76-73(53-23-13-29-67-70(53)52-22-9-12-28-64(52)81-67)77-75(78-74)55-25-15-31-69-72(55)59-43-47(35-39-66(59)83-69)45-33-37-63-57(41-45)51-21-8-11-27-61(51)80(63)49-18-5-2-6-19-49/h1-43H. The van der Waals surface area contributed by atoms with Crippen molar-refractivity contribution >= 4 is 109 Å². The molecule has 0 amide bonds. The number of hydrogen-bond acceptors (Lipinski definition) is 6. The van der Waals surface area contributed by atoms with Gasteiger partial charge in [-0.15, -0.1) is 0 Å². The van der Waals surface area contributed by atoms with Gasteiger partial charge in [-0.2, -0.15) is 0 Å². The van der Waals surface area contributed by atoms with E-state index in [-0.39, 0.29) is 0 Å². The van der Waals surface area contributed by atoms with Gasteiger partial charge in [0, 0.05) is 81.9 Å². The Morgan fingerprint density at radius 1 is 0.229 bits per heavy atom. The zero-order valence-corrected chi connectivity index (χ0v) is 44.3. The molecule has 0 aliphatic rings. The molecule has 8 nitrogen and oxygen atoms in total. The van der Waals surface area contributed by atoms with Crippen LogP contribution in [0.5, 0.6) is 0 Å². The Balaban J connectivity index is 0.829. The number of rotatable bonds is 7. The lowest BCUT2D eigenvalue weighted by Gasteiger charge is -2.11. The molecule has 0 bridgehead atoms. The van der Waals surface area contributed by atoms with Crippen molar-refractivity contribution in [3.63, 3.8) is 0 Å². The molecule has 0 spiro atoms. The van der Waals surface area contributed by atoms with Crippen LogP contribution in [0.3, 0.4) is 0 Å². The molecule has 0 unspecified atom stereocenters. The van der Waals surface area contributed by atoms with Crippen LogP contribution in [0.2, 0.25) is 0 Å². The van der Waals surface area contributed by atoms with Gasteiger partial charge >= 0.3 is 0 Å². The second kappa shape index (κ2) is 17.6. The molecular formula is C75H43N5O3. The third-order valence-corrected chi connectivity index (χ3v) is 16.8. The van der Waals surface area contributed by atoms with E-state index in [0.717, 1.165) is 127 Å². The molecule has 8 heteroatoms. The highest BCUT2D eigenvalue weighted by Gasteiger charge is 2.24. The molecule has 0 saturated heterocycles. The van der Waals surface area contributed by atoms with Gasteiger partial charge in [-0.3, -0.25) is 0 Å². The summed E-state index contributed by atoms with van der Waals surface area (Å²) in [7, 11) is 0. The second-order valence-electron chi connectivity index (χ2n) is 21.4. The molecule has 0 fully saturated rings. The smallest absolute Gasteiger partial charge is 0.164 e. The molecule has 83 heavy (non-hydrogen) atoms. The third-order valence-electron chi connectivity index (χ3n) is 16.8. The van der Waals surface area contributed by atoms with Gasteiger partial charge < -0.3 is 22.4 Å². The van der Waals surface area contributed by atoms with Crippen molar-refractivity contribution in [3.8, 4) is 67.8 Å². The number of aromatic nitrogens is 5. The monoisotopic (exact) mass is 1060 g/mol. The zero-order chi connectivity index (χ0) is 54.3. The van der Waals surface area contributed by atoms with Crippen LogP contribution in [-0.4, -0.2) is 24.1 Å². The van der Waals surface area contributed by atoms with E-state index in [1.165, 1.54) is 32.6 Å². The Kier molecular flexibility index (Phi) is 9.64. The first-order valence-electron chi connectivity index (χ1n) is 27.9. The van der Waals surface area contributed by atoms with E-state index in [1.807, 2.05) is 54.6 Å². The van der Waals surface area contributed by atoms with Gasteiger partial charge in [0.15, 0.2) is 17.5 Å². The molecule has 0 N–H and O–H groups in total. The van der Waals surface area contributed by atoms with Crippen molar-refractivity contribution in [2.75, 3.05) is 0 Å². The zero-order valence-electron chi connectivity index (χ0n) is 44.3. The van der Waals surface area contributed by atoms with Crippen LogP contribution in [0.25, 0.3) is 177 Å². The molecule has 0 atom stereocenters. The lowest BCUT2D eigenvalue weighted by molar-refractivity contribution is 0.668. The molecule has 0 aliphatic heterocycles. The van der Waals surface area contributed by atoms with Crippen LogP contribution in [0.15, 0.2) is 274 Å². The minimum absolute atomic E-state index is 0.511. The fraction of sp³-hybridized carbons (Fsp3) is 0. The maximum absolute atomic E-state index is 6.72. The summed E-state index contributed by atoms with van der Waals surface area (Å²) in [6.07, 6.45) is 0. The fourth-order valence-corrected chi connectivity index (χ4v) is 13.1. The molecule has 6 heterocycles. The summed E-state index contributed by atoms with van der Waals surface area (Å²) in [5, 5.41) is 10.5. The normalized spacial score (nSPS) is 12.1. The SMILES string of the molecule is c1ccc(-n2c3ccccc3c3cc(-c4ccc5oc6cccc(-c7nc(-c8cccc9oc%10ccccc%10c89)nc(-c8cccc9oc%10ccc(-c%11ccc%12c(c%11)c%11ccccc%11n%12-c%11ccccc%11)cc%10c89)n7)c6c5c4)ccc32)cc1. The molecule has 12 aromatic carbocycles. The predicted molar refractivity (Wildman–Crippen MR) is 338 cm³/mol. The summed E-state index contributed by atoms with van der Waals surface area (Å²) < 4.78 is 24.6. The number of hydrogen-bond donors (Lipinski definition) is 0. The van der Waals surface area contributed by atoms with Gasteiger partial charge in [-0.05, 0) is 131 Å². The largest absolute Gasteiger partial charge is 0.456 e. The van der Waals surface area contributed by atoms with Crippen molar-refractivity contribution in [2.45, 2.75) is 0 Å². The number of fused-ring (bicyclic) bond motifs is 15. The molecule has 0 saturated carbocycles. The minimum atomic E-state index is 0.511. The van der Waals surface area contributed by atoms with E-state index in [1.54, 1.807) is 0 Å². The quantitative estimate of drug-likeness (QED) is 0.158. The molecule has 386 valence electrons. The summed E-state index contributed by atoms with van der Waals surface area (Å²) in [5.74, 6) is 1.54. The van der Waals surface area contributed by atoms with E-state index in [2.05, 4.69) is 215 Å². The summed E-state index contributed by atoms with van der Waals surface area (Å²) in [5.41, 5.74) is 18.3. The number of para-hydroxylation sites is 5. The van der Waals surface area contributed by atoms with E-state index in [9.17, 15) is 0 Å². The highest BCUT2D eigenvalue weighted by molar-refractivity contribution is 6.17. The Bertz CT molecular complexity index is 5410. The maximum Gasteiger partial charge on any atom is 0.164 e. The Morgan fingerprint density at radius 3 is 1.00 bits per heavy atom. The highest BCUT2D eigenvalue weighted by atomic mass is 16.3. The highest BCUT2D eigenvalue weighted by Crippen LogP contribution is 2.44. The summed E-state index contributed by atoms with van der Waals surface area (Å²) in [4.78, 5) is 16.4. The molecule has 18 aromatic rings. The Morgan fingerprint density at radius 2 is 0.554 bits per heavy atom. The lowest BCUT2D eigenvalue weighted by Crippen LogP contribution is -2.01. The van der Waals surface area contributed by atoms with Crippen LogP contribution in [-0.2, 0) is 0 Å². The van der Waals surface area contributed by atoms with Crippen molar-refractivity contribution in [2.24, 2.45) is 0 Å². The summed E-state index contributed by atoms with van der Waals surface area (Å²) in [6, 6.07) is 91.5. The predicted octanol–water partition coefficient (Wildman–Crippen LogP) is 20.1. The van der Waals surface area contributed by atoms with Gasteiger partial charge in [0.05, 0.1) is 22.1 Å². The van der Waals surface area contributed by atoms with Gasteiger partial charge in [-0.1, -0.05) is 152 Å². The van der Waals surface area contributed by atoms with Crippen LogP contribution in [0.4, 0.5) is 0 Å². The van der Waals surface area contributed by atoms with E-state index in [0.29, 0.717) is 17.5 Å². The Hall–Kier alpha value is -11.4. The molecule has 18 rings (SSSR count). The van der Waals surface area contributed by atoms with Crippen molar-refractivity contribution in [1.29, 1.82) is 0 Å². The maximum atomic E-state index is 6.72. The molecular weight excluding hydrogens is 1020 g/mol. The lowest BCUT2D eigenvalue weighted by atomic mass is 9.98. The minimum Gasteiger partial charge on any atom is -0.456 e. The number of nitrogens with zero attached hydrogens (tertiary/aromatic N) is 5. The van der Waals surface area contributed by atoms with Crippen LogP contribution < -0.4 is 0 Å². The van der Waals surface area contributed by atoms with Crippen LogP contribution in [0, 0.1) is 0 Å². The van der Waals surface area contributed by atoms with Crippen LogP contribution >= 0.6 is 0 Å². The van der Waals surface area contributed by atoms with E-state index in [4.69, 9.17) is 28.2 Å². The first-order chi connectivity index (χ1) is 41.1. The van der Waals surface area contributed by atoms with Crippen molar-refractivity contribution in [1.82, 2.24) is 24.1 Å². The fourth-order valence-electron chi connectivity index (χ4n) is 13.1. The first kappa shape index (κ1) is 45.5.